The number of hydrogen-bond acceptors (Lipinski definition) is 6. The van der Waals surface area contributed by atoms with Gasteiger partial charge >= 0.3 is 12.0 Å². The Morgan fingerprint density at radius 3 is 2.60 bits per heavy atom. The molecule has 0 bridgehead atoms. The van der Waals surface area contributed by atoms with Gasteiger partial charge in [-0.3, -0.25) is 9.69 Å². The van der Waals surface area contributed by atoms with Gasteiger partial charge in [0.05, 0.1) is 24.8 Å². The Morgan fingerprint density at radius 1 is 1.13 bits per heavy atom. The normalized spacial score (nSPS) is 22.9. The summed E-state index contributed by atoms with van der Waals surface area (Å²) in [7, 11) is 0. The van der Waals surface area contributed by atoms with Gasteiger partial charge in [-0.15, -0.1) is 0 Å². The summed E-state index contributed by atoms with van der Waals surface area (Å²) in [6, 6.07) is 9.22. The number of para-hydroxylation sites is 1. The number of aliphatic carboxylic acids is 1. The number of fused-ring (bicyclic) bond motifs is 2. The minimum atomic E-state index is -1.11. The number of carboxylic acid groups (broad SMARTS) is 1. The molecule has 1 aromatic rings. The molecule has 30 heavy (non-hydrogen) atoms. The lowest BCUT2D eigenvalue weighted by Crippen LogP contribution is -2.81. The lowest BCUT2D eigenvalue weighted by Gasteiger charge is -2.63. The summed E-state index contributed by atoms with van der Waals surface area (Å²) >= 11 is 0. The quantitative estimate of drug-likeness (QED) is 0.688. The van der Waals surface area contributed by atoms with Crippen molar-refractivity contribution in [3.8, 4) is 0 Å². The van der Waals surface area contributed by atoms with Crippen LogP contribution in [0.25, 0.3) is 0 Å². The first-order valence-corrected chi connectivity index (χ1v) is 10.00. The lowest BCUT2D eigenvalue weighted by atomic mass is 9.82. The molecule has 162 valence electrons. The standard InChI is InChI=1S/C20H26N4O6/c25-17(10-30-11-18(26)27)23-13-20(14-23)12-22(8-16-9-29-7-6-24(16)20)19(28)21-15-4-2-1-3-5-15/h1-5,16H,6-14H2,(H,21,28)(H,26,27). The van der Waals surface area contributed by atoms with Crippen molar-refractivity contribution in [2.75, 3.05) is 64.5 Å². The summed E-state index contributed by atoms with van der Waals surface area (Å²) in [5, 5.41) is 11.6. The molecular weight excluding hydrogens is 392 g/mol. The molecule has 10 nitrogen and oxygen atoms in total. The van der Waals surface area contributed by atoms with Crippen molar-refractivity contribution in [3.63, 3.8) is 0 Å². The minimum Gasteiger partial charge on any atom is -0.480 e. The van der Waals surface area contributed by atoms with Gasteiger partial charge < -0.3 is 29.7 Å². The molecule has 3 heterocycles. The fraction of sp³-hybridized carbons (Fsp3) is 0.550. The van der Waals surface area contributed by atoms with Crippen LogP contribution in [0.3, 0.4) is 0 Å². The van der Waals surface area contributed by atoms with E-state index in [1.807, 2.05) is 30.3 Å². The Balaban J connectivity index is 1.40. The molecule has 3 aliphatic rings. The van der Waals surface area contributed by atoms with Crippen LogP contribution in [0.4, 0.5) is 10.5 Å². The van der Waals surface area contributed by atoms with E-state index in [2.05, 4.69) is 10.2 Å². The van der Waals surface area contributed by atoms with Gasteiger partial charge in [0.1, 0.15) is 13.2 Å². The highest BCUT2D eigenvalue weighted by atomic mass is 16.5. The molecule has 1 aromatic carbocycles. The van der Waals surface area contributed by atoms with Crippen molar-refractivity contribution in [3.05, 3.63) is 30.3 Å². The zero-order chi connectivity index (χ0) is 21.1. The highest BCUT2D eigenvalue weighted by Crippen LogP contribution is 2.36. The summed E-state index contributed by atoms with van der Waals surface area (Å²) in [6.07, 6.45) is 0. The van der Waals surface area contributed by atoms with Crippen molar-refractivity contribution < 1.29 is 29.0 Å². The minimum absolute atomic E-state index is 0.0783. The fourth-order valence-corrected chi connectivity index (χ4v) is 4.51. The van der Waals surface area contributed by atoms with Gasteiger partial charge in [0, 0.05) is 38.4 Å². The summed E-state index contributed by atoms with van der Waals surface area (Å²) < 4.78 is 10.6. The van der Waals surface area contributed by atoms with Crippen LogP contribution in [0.2, 0.25) is 0 Å². The SMILES string of the molecule is O=C(O)COCC(=O)N1CC2(C1)CN(C(=O)Nc1ccccc1)CC1COCCN12. The van der Waals surface area contributed by atoms with Crippen LogP contribution >= 0.6 is 0 Å². The fourth-order valence-electron chi connectivity index (χ4n) is 4.51. The molecule has 0 saturated carbocycles. The molecule has 10 heteroatoms. The van der Waals surface area contributed by atoms with E-state index in [9.17, 15) is 14.4 Å². The smallest absolute Gasteiger partial charge is 0.329 e. The molecule has 3 fully saturated rings. The number of nitrogens with one attached hydrogen (secondary N) is 1. The van der Waals surface area contributed by atoms with E-state index in [1.54, 1.807) is 9.80 Å². The topological polar surface area (TPSA) is 112 Å². The zero-order valence-corrected chi connectivity index (χ0v) is 16.7. The molecule has 0 radical (unpaired) electrons. The molecule has 2 N–H and O–H groups in total. The summed E-state index contributed by atoms with van der Waals surface area (Å²) in [5.41, 5.74) is 0.420. The van der Waals surface area contributed by atoms with Gasteiger partial charge in [-0.05, 0) is 12.1 Å². The Morgan fingerprint density at radius 2 is 1.87 bits per heavy atom. The van der Waals surface area contributed by atoms with Crippen LogP contribution in [0.15, 0.2) is 30.3 Å². The number of benzene rings is 1. The number of urea groups is 1. The van der Waals surface area contributed by atoms with Crippen molar-refractivity contribution in [1.29, 1.82) is 0 Å². The third kappa shape index (κ3) is 4.25. The second kappa shape index (κ2) is 8.58. The molecule has 4 rings (SSSR count). The van der Waals surface area contributed by atoms with E-state index in [-0.39, 0.29) is 30.1 Å². The van der Waals surface area contributed by atoms with Crippen molar-refractivity contribution >= 4 is 23.6 Å². The molecule has 1 atom stereocenters. The predicted octanol–water partition coefficient (Wildman–Crippen LogP) is -0.0829. The first kappa shape index (κ1) is 20.6. The average Bonchev–Trinajstić information content (AvgIpc) is 2.71. The average molecular weight is 418 g/mol. The van der Waals surface area contributed by atoms with Crippen molar-refractivity contribution in [2.45, 2.75) is 11.6 Å². The maximum atomic E-state index is 12.9. The summed E-state index contributed by atoms with van der Waals surface area (Å²) in [5.74, 6) is -1.34. The van der Waals surface area contributed by atoms with Gasteiger partial charge in [-0.2, -0.15) is 0 Å². The Hall–Kier alpha value is -2.69. The van der Waals surface area contributed by atoms with Crippen molar-refractivity contribution in [1.82, 2.24) is 14.7 Å². The maximum absolute atomic E-state index is 12.9. The van der Waals surface area contributed by atoms with Gasteiger partial charge in [-0.1, -0.05) is 18.2 Å². The molecule has 3 amide bonds. The number of ether oxygens (including phenoxy) is 2. The Kier molecular flexibility index (Phi) is 5.89. The highest BCUT2D eigenvalue weighted by Gasteiger charge is 2.56. The molecule has 3 aliphatic heterocycles. The molecule has 1 spiro atoms. The van der Waals surface area contributed by atoms with E-state index in [0.29, 0.717) is 39.4 Å². The van der Waals surface area contributed by atoms with Crippen LogP contribution in [-0.2, 0) is 19.1 Å². The number of piperazine rings is 1. The first-order valence-electron chi connectivity index (χ1n) is 10.00. The van der Waals surface area contributed by atoms with E-state index in [4.69, 9.17) is 14.6 Å². The second-order valence-corrected chi connectivity index (χ2v) is 7.96. The van der Waals surface area contributed by atoms with Crippen LogP contribution in [0.5, 0.6) is 0 Å². The number of nitrogens with zero attached hydrogens (tertiary/aromatic N) is 3. The summed E-state index contributed by atoms with van der Waals surface area (Å²) in [6.45, 7) is 3.23. The van der Waals surface area contributed by atoms with Crippen LogP contribution in [0, 0.1) is 0 Å². The third-order valence-corrected chi connectivity index (χ3v) is 5.84. The predicted molar refractivity (Wildman–Crippen MR) is 106 cm³/mol. The Bertz CT molecular complexity index is 798. The zero-order valence-electron chi connectivity index (χ0n) is 16.7. The highest BCUT2D eigenvalue weighted by molar-refractivity contribution is 5.89. The number of amides is 3. The Labute approximate surface area is 174 Å². The van der Waals surface area contributed by atoms with E-state index >= 15 is 0 Å². The number of carboxylic acids is 1. The number of carbonyl (C=O) groups is 3. The number of hydrogen-bond donors (Lipinski definition) is 2. The van der Waals surface area contributed by atoms with Gasteiger partial charge in [0.2, 0.25) is 5.91 Å². The molecule has 1 unspecified atom stereocenters. The van der Waals surface area contributed by atoms with Crippen LogP contribution < -0.4 is 5.32 Å². The largest absolute Gasteiger partial charge is 0.480 e. The number of carbonyl (C=O) groups excluding carboxylic acids is 2. The van der Waals surface area contributed by atoms with Crippen LogP contribution in [0.1, 0.15) is 0 Å². The number of anilines is 1. The van der Waals surface area contributed by atoms with E-state index in [1.165, 1.54) is 0 Å². The van der Waals surface area contributed by atoms with E-state index in [0.717, 1.165) is 12.2 Å². The van der Waals surface area contributed by atoms with Crippen molar-refractivity contribution in [2.24, 2.45) is 0 Å². The molecule has 0 aromatic heterocycles. The summed E-state index contributed by atoms with van der Waals surface area (Å²) in [4.78, 5) is 41.6. The maximum Gasteiger partial charge on any atom is 0.329 e. The first-order chi connectivity index (χ1) is 14.5. The third-order valence-electron chi connectivity index (χ3n) is 5.84. The number of rotatable bonds is 5. The molecular formula is C20H26N4O6. The number of likely N-dealkylation sites (tertiary alicyclic amines) is 1. The lowest BCUT2D eigenvalue weighted by molar-refractivity contribution is -0.175. The van der Waals surface area contributed by atoms with Gasteiger partial charge in [0.25, 0.3) is 0 Å². The second-order valence-electron chi connectivity index (χ2n) is 7.96. The van der Waals surface area contributed by atoms with Crippen LogP contribution in [-0.4, -0.2) is 108 Å². The van der Waals surface area contributed by atoms with Gasteiger partial charge in [-0.25, -0.2) is 9.59 Å². The molecule has 3 saturated heterocycles. The number of morpholine rings is 1. The van der Waals surface area contributed by atoms with E-state index < -0.39 is 12.6 Å². The molecule has 0 aliphatic carbocycles. The monoisotopic (exact) mass is 418 g/mol. The van der Waals surface area contributed by atoms with Gasteiger partial charge in [0.15, 0.2) is 0 Å².